The van der Waals surface area contributed by atoms with E-state index in [4.69, 9.17) is 9.15 Å². The number of rotatable bonds is 3. The number of hydrogen-bond acceptors (Lipinski definition) is 4. The third kappa shape index (κ3) is 3.06. The molecule has 0 aliphatic carbocycles. The topological polar surface area (TPSA) is 45.8 Å². The molecule has 2 heterocycles. The van der Waals surface area contributed by atoms with Gasteiger partial charge >= 0.3 is 0 Å². The Balaban J connectivity index is 1.78. The number of halogens is 2. The SMILES string of the molecule is Oc1cc(-c2ccc(CN3CCOCC3)o2)cc(F)c1F. The number of hydrogen-bond donors (Lipinski definition) is 1. The summed E-state index contributed by atoms with van der Waals surface area (Å²) in [5.74, 6) is -1.95. The lowest BCUT2D eigenvalue weighted by atomic mass is 10.1. The maximum Gasteiger partial charge on any atom is 0.200 e. The fourth-order valence-electron chi connectivity index (χ4n) is 2.31. The normalized spacial score (nSPS) is 16.3. The zero-order valence-corrected chi connectivity index (χ0v) is 11.3. The maximum absolute atomic E-state index is 13.3. The molecule has 0 radical (unpaired) electrons. The Hall–Kier alpha value is -1.92. The Morgan fingerprint density at radius 1 is 1.14 bits per heavy atom. The fourth-order valence-corrected chi connectivity index (χ4v) is 2.31. The van der Waals surface area contributed by atoms with Gasteiger partial charge in [-0.2, -0.15) is 4.39 Å². The molecule has 112 valence electrons. The van der Waals surface area contributed by atoms with Gasteiger partial charge in [0.25, 0.3) is 0 Å². The van der Waals surface area contributed by atoms with Crippen LogP contribution in [0.3, 0.4) is 0 Å². The summed E-state index contributed by atoms with van der Waals surface area (Å²) in [6.45, 7) is 3.71. The van der Waals surface area contributed by atoms with Crippen molar-refractivity contribution in [1.29, 1.82) is 0 Å². The third-order valence-electron chi connectivity index (χ3n) is 3.44. The first-order chi connectivity index (χ1) is 10.1. The van der Waals surface area contributed by atoms with Gasteiger partial charge in [-0.3, -0.25) is 4.90 Å². The molecule has 1 fully saturated rings. The molecule has 1 aromatic heterocycles. The first kappa shape index (κ1) is 14.0. The van der Waals surface area contributed by atoms with Crippen molar-refractivity contribution < 1.29 is 23.0 Å². The summed E-state index contributed by atoms with van der Waals surface area (Å²) in [7, 11) is 0. The minimum Gasteiger partial charge on any atom is -0.505 e. The van der Waals surface area contributed by atoms with E-state index >= 15 is 0 Å². The summed E-state index contributed by atoms with van der Waals surface area (Å²) in [5, 5.41) is 9.33. The molecule has 0 amide bonds. The number of ether oxygens (including phenoxy) is 1. The van der Waals surface area contributed by atoms with Crippen LogP contribution in [0.25, 0.3) is 11.3 Å². The summed E-state index contributed by atoms with van der Waals surface area (Å²) >= 11 is 0. The molecule has 1 aliphatic rings. The van der Waals surface area contributed by atoms with E-state index in [1.54, 1.807) is 12.1 Å². The Bertz CT molecular complexity index is 613. The molecule has 0 spiro atoms. The highest BCUT2D eigenvalue weighted by molar-refractivity contribution is 5.60. The predicted octanol–water partition coefficient (Wildman–Crippen LogP) is 2.76. The first-order valence-electron chi connectivity index (χ1n) is 6.70. The van der Waals surface area contributed by atoms with Gasteiger partial charge in [0.15, 0.2) is 17.4 Å². The van der Waals surface area contributed by atoms with Gasteiger partial charge in [-0.15, -0.1) is 0 Å². The zero-order valence-electron chi connectivity index (χ0n) is 11.3. The summed E-state index contributed by atoms with van der Waals surface area (Å²) in [5.41, 5.74) is 0.305. The van der Waals surface area contributed by atoms with Crippen molar-refractivity contribution in [2.75, 3.05) is 26.3 Å². The second-order valence-electron chi connectivity index (χ2n) is 4.95. The largest absolute Gasteiger partial charge is 0.505 e. The zero-order chi connectivity index (χ0) is 14.8. The molecular formula is C15H15F2NO3. The van der Waals surface area contributed by atoms with Crippen molar-refractivity contribution in [1.82, 2.24) is 4.90 Å². The predicted molar refractivity (Wildman–Crippen MR) is 71.8 cm³/mol. The number of nitrogens with zero attached hydrogens (tertiary/aromatic N) is 1. The second kappa shape index (κ2) is 5.83. The number of phenols is 1. The second-order valence-corrected chi connectivity index (χ2v) is 4.95. The Morgan fingerprint density at radius 2 is 1.90 bits per heavy atom. The Labute approximate surface area is 120 Å². The van der Waals surface area contributed by atoms with Crippen LogP contribution in [0.5, 0.6) is 5.75 Å². The molecule has 0 unspecified atom stereocenters. The van der Waals surface area contributed by atoms with E-state index in [9.17, 15) is 13.9 Å². The number of morpholine rings is 1. The summed E-state index contributed by atoms with van der Waals surface area (Å²) in [6.07, 6.45) is 0. The van der Waals surface area contributed by atoms with Crippen LogP contribution in [0.2, 0.25) is 0 Å². The van der Waals surface area contributed by atoms with E-state index < -0.39 is 17.4 Å². The summed E-state index contributed by atoms with van der Waals surface area (Å²) in [6, 6.07) is 5.63. The standard InChI is InChI=1S/C15H15F2NO3/c16-12-7-10(8-13(19)15(12)17)14-2-1-11(21-14)9-18-3-5-20-6-4-18/h1-2,7-8,19H,3-6,9H2. The van der Waals surface area contributed by atoms with E-state index in [0.717, 1.165) is 31.0 Å². The van der Waals surface area contributed by atoms with Gasteiger partial charge in [0, 0.05) is 18.7 Å². The molecule has 0 bridgehead atoms. The van der Waals surface area contributed by atoms with Gasteiger partial charge in [-0.25, -0.2) is 4.39 Å². The van der Waals surface area contributed by atoms with Crippen molar-refractivity contribution >= 4 is 0 Å². The van der Waals surface area contributed by atoms with Crippen LogP contribution in [-0.2, 0) is 11.3 Å². The molecule has 1 saturated heterocycles. The van der Waals surface area contributed by atoms with Crippen LogP contribution in [0.15, 0.2) is 28.7 Å². The lowest BCUT2D eigenvalue weighted by molar-refractivity contribution is 0.0314. The van der Waals surface area contributed by atoms with E-state index in [-0.39, 0.29) is 0 Å². The molecule has 0 atom stereocenters. The minimum atomic E-state index is -1.25. The van der Waals surface area contributed by atoms with Crippen molar-refractivity contribution in [3.05, 3.63) is 41.7 Å². The van der Waals surface area contributed by atoms with Crippen molar-refractivity contribution in [3.63, 3.8) is 0 Å². The van der Waals surface area contributed by atoms with Gasteiger partial charge in [0.05, 0.1) is 19.8 Å². The monoisotopic (exact) mass is 295 g/mol. The van der Waals surface area contributed by atoms with E-state index in [2.05, 4.69) is 4.90 Å². The van der Waals surface area contributed by atoms with Gasteiger partial charge in [0.2, 0.25) is 0 Å². The summed E-state index contributed by atoms with van der Waals surface area (Å²) in [4.78, 5) is 2.19. The van der Waals surface area contributed by atoms with Crippen LogP contribution in [0.4, 0.5) is 8.78 Å². The highest BCUT2D eigenvalue weighted by Crippen LogP contribution is 2.29. The lowest BCUT2D eigenvalue weighted by Crippen LogP contribution is -2.35. The molecule has 1 aliphatic heterocycles. The average Bonchev–Trinajstić information content (AvgIpc) is 2.94. The van der Waals surface area contributed by atoms with Crippen molar-refractivity contribution in [2.24, 2.45) is 0 Å². The maximum atomic E-state index is 13.3. The Kier molecular flexibility index (Phi) is 3.90. The van der Waals surface area contributed by atoms with E-state index in [0.29, 0.717) is 31.1 Å². The van der Waals surface area contributed by atoms with Crippen molar-refractivity contribution in [3.8, 4) is 17.1 Å². The number of phenolic OH excluding ortho intramolecular Hbond substituents is 1. The van der Waals surface area contributed by atoms with Crippen LogP contribution >= 0.6 is 0 Å². The average molecular weight is 295 g/mol. The van der Waals surface area contributed by atoms with Crippen LogP contribution in [0, 0.1) is 11.6 Å². The molecule has 4 nitrogen and oxygen atoms in total. The molecule has 21 heavy (non-hydrogen) atoms. The minimum absolute atomic E-state index is 0.305. The Morgan fingerprint density at radius 3 is 2.62 bits per heavy atom. The highest BCUT2D eigenvalue weighted by atomic mass is 19.2. The molecule has 2 aromatic rings. The van der Waals surface area contributed by atoms with Gasteiger partial charge in [-0.1, -0.05) is 0 Å². The molecule has 1 aromatic carbocycles. The smallest absolute Gasteiger partial charge is 0.200 e. The van der Waals surface area contributed by atoms with Gasteiger partial charge in [-0.05, 0) is 24.3 Å². The van der Waals surface area contributed by atoms with E-state index in [1.165, 1.54) is 0 Å². The lowest BCUT2D eigenvalue weighted by Gasteiger charge is -2.25. The summed E-state index contributed by atoms with van der Waals surface area (Å²) < 4.78 is 37.3. The third-order valence-corrected chi connectivity index (χ3v) is 3.44. The molecule has 0 saturated carbocycles. The van der Waals surface area contributed by atoms with Gasteiger partial charge < -0.3 is 14.3 Å². The molecular weight excluding hydrogens is 280 g/mol. The van der Waals surface area contributed by atoms with Gasteiger partial charge in [0.1, 0.15) is 11.5 Å². The number of benzene rings is 1. The molecule has 1 N–H and O–H groups in total. The quantitative estimate of drug-likeness (QED) is 0.946. The first-order valence-corrected chi connectivity index (χ1v) is 6.70. The van der Waals surface area contributed by atoms with Crippen LogP contribution in [0.1, 0.15) is 5.76 Å². The van der Waals surface area contributed by atoms with Crippen LogP contribution in [-0.4, -0.2) is 36.3 Å². The fraction of sp³-hybridized carbons (Fsp3) is 0.333. The van der Waals surface area contributed by atoms with Crippen LogP contribution < -0.4 is 0 Å². The van der Waals surface area contributed by atoms with Crippen molar-refractivity contribution in [2.45, 2.75) is 6.54 Å². The molecule has 6 heteroatoms. The number of furan rings is 1. The van der Waals surface area contributed by atoms with E-state index in [1.807, 2.05) is 0 Å². The number of aromatic hydroxyl groups is 1. The molecule has 3 rings (SSSR count). The highest BCUT2D eigenvalue weighted by Gasteiger charge is 2.15.